The second kappa shape index (κ2) is 6.96. The molecule has 80 valence electrons. The molecule has 0 aromatic carbocycles. The van der Waals surface area contributed by atoms with Gasteiger partial charge in [0.05, 0.1) is 0 Å². The summed E-state index contributed by atoms with van der Waals surface area (Å²) in [6.07, 6.45) is -0.346. The van der Waals surface area contributed by atoms with Gasteiger partial charge in [0, 0.05) is 30.7 Å². The first-order valence-corrected chi connectivity index (χ1v) is 7.33. The highest BCUT2D eigenvalue weighted by Gasteiger charge is 2.18. The van der Waals surface area contributed by atoms with Crippen molar-refractivity contribution in [2.75, 3.05) is 24.3 Å². The molecule has 0 aromatic heterocycles. The summed E-state index contributed by atoms with van der Waals surface area (Å²) in [7, 11) is -3.06. The fraction of sp³-hybridized carbons (Fsp3) is 1.00. The lowest BCUT2D eigenvalue weighted by Crippen LogP contribution is -2.14. The first kappa shape index (κ1) is 13.6. The van der Waals surface area contributed by atoms with E-state index in [9.17, 15) is 9.46 Å². The van der Waals surface area contributed by atoms with Gasteiger partial charge >= 0.3 is 0 Å². The molecule has 0 heterocycles. The Morgan fingerprint density at radius 1 is 1.54 bits per heavy atom. The number of halogens is 1. The average molecular weight is 275 g/mol. The van der Waals surface area contributed by atoms with Crippen LogP contribution in [0.4, 0.5) is 0 Å². The van der Waals surface area contributed by atoms with Crippen LogP contribution in [0.25, 0.3) is 0 Å². The van der Waals surface area contributed by atoms with Crippen molar-refractivity contribution in [2.45, 2.75) is 19.6 Å². The molecule has 4 nitrogen and oxygen atoms in total. The monoisotopic (exact) mass is 274 g/mol. The van der Waals surface area contributed by atoms with Crippen LogP contribution in [-0.4, -0.2) is 40.6 Å². The van der Waals surface area contributed by atoms with Gasteiger partial charge in [-0.1, -0.05) is 15.9 Å². The molecule has 0 saturated carbocycles. The molecular weight excluding hydrogens is 259 g/mol. The maximum atomic E-state index is 11.3. The Morgan fingerprint density at radius 2 is 2.15 bits per heavy atom. The van der Waals surface area contributed by atoms with Gasteiger partial charge in [-0.2, -0.15) is 0 Å². The molecule has 0 saturated heterocycles. The molecule has 0 rings (SSSR count). The summed E-state index contributed by atoms with van der Waals surface area (Å²) in [6, 6.07) is 0. The summed E-state index contributed by atoms with van der Waals surface area (Å²) in [5.74, 6) is 0. The van der Waals surface area contributed by atoms with Crippen LogP contribution in [0.5, 0.6) is 0 Å². The Balaban J connectivity index is 3.67. The van der Waals surface area contributed by atoms with E-state index in [1.165, 1.54) is 0 Å². The van der Waals surface area contributed by atoms with Crippen LogP contribution < -0.4 is 0 Å². The predicted octanol–water partition coefficient (Wildman–Crippen LogP) is 1.40. The zero-order chi connectivity index (χ0) is 10.3. The number of aliphatic hydroxyl groups is 1. The molecule has 0 aliphatic rings. The quantitative estimate of drug-likeness (QED) is 0.418. The van der Waals surface area contributed by atoms with E-state index >= 15 is 0 Å². The molecule has 0 aromatic rings. The predicted molar refractivity (Wildman–Crippen MR) is 55.6 cm³/mol. The standard InChI is InChI=1S/C7H16BrO4P/c1-2-12-7(9)3-5-13(10,11)6-4-8/h7,9H,2-6H2,1H3,(H,10,11). The Hall–Kier alpha value is 0.590. The van der Waals surface area contributed by atoms with E-state index in [4.69, 9.17) is 9.84 Å². The van der Waals surface area contributed by atoms with Gasteiger partial charge in [-0.05, 0) is 6.92 Å². The Kier molecular flexibility index (Phi) is 7.27. The molecule has 0 amide bonds. The van der Waals surface area contributed by atoms with E-state index in [0.717, 1.165) is 0 Å². The third-order valence-electron chi connectivity index (χ3n) is 1.52. The topological polar surface area (TPSA) is 66.8 Å². The zero-order valence-corrected chi connectivity index (χ0v) is 10.1. The molecule has 0 aliphatic heterocycles. The number of aliphatic hydroxyl groups excluding tert-OH is 1. The van der Waals surface area contributed by atoms with Crippen LogP contribution in [0.2, 0.25) is 0 Å². The van der Waals surface area contributed by atoms with Crippen molar-refractivity contribution in [2.24, 2.45) is 0 Å². The lowest BCUT2D eigenvalue weighted by Gasteiger charge is -2.13. The maximum absolute atomic E-state index is 11.3. The Morgan fingerprint density at radius 3 is 2.62 bits per heavy atom. The fourth-order valence-electron chi connectivity index (χ4n) is 0.832. The van der Waals surface area contributed by atoms with Crippen molar-refractivity contribution < 1.29 is 19.3 Å². The molecule has 0 bridgehead atoms. The molecule has 13 heavy (non-hydrogen) atoms. The second-order valence-electron chi connectivity index (χ2n) is 2.68. The average Bonchev–Trinajstić information content (AvgIpc) is 2.02. The molecule has 6 heteroatoms. The van der Waals surface area contributed by atoms with Gasteiger partial charge < -0.3 is 14.7 Å². The highest BCUT2D eigenvalue weighted by atomic mass is 79.9. The number of rotatable bonds is 7. The van der Waals surface area contributed by atoms with Crippen molar-refractivity contribution in [3.8, 4) is 0 Å². The van der Waals surface area contributed by atoms with Crippen molar-refractivity contribution in [1.82, 2.24) is 0 Å². The SMILES string of the molecule is CCOC(O)CCP(=O)(O)CCBr. The third-order valence-corrected chi connectivity index (χ3v) is 4.41. The van der Waals surface area contributed by atoms with Gasteiger partial charge in [-0.25, -0.2) is 0 Å². The van der Waals surface area contributed by atoms with Crippen LogP contribution >= 0.6 is 23.3 Å². The van der Waals surface area contributed by atoms with E-state index in [1.807, 2.05) is 0 Å². The van der Waals surface area contributed by atoms with Crippen molar-refractivity contribution in [1.29, 1.82) is 0 Å². The van der Waals surface area contributed by atoms with Crippen LogP contribution in [0.3, 0.4) is 0 Å². The molecule has 2 unspecified atom stereocenters. The summed E-state index contributed by atoms with van der Waals surface area (Å²) in [5.41, 5.74) is 0. The van der Waals surface area contributed by atoms with E-state index in [1.54, 1.807) is 6.92 Å². The highest BCUT2D eigenvalue weighted by molar-refractivity contribution is 9.09. The van der Waals surface area contributed by atoms with Gasteiger partial charge in [-0.3, -0.25) is 4.57 Å². The Bertz CT molecular complexity index is 176. The molecule has 0 spiro atoms. The largest absolute Gasteiger partial charge is 0.368 e. The van der Waals surface area contributed by atoms with Crippen molar-refractivity contribution in [3.63, 3.8) is 0 Å². The fourth-order valence-corrected chi connectivity index (χ4v) is 3.61. The number of hydrogen-bond donors (Lipinski definition) is 2. The molecule has 2 N–H and O–H groups in total. The van der Waals surface area contributed by atoms with Gasteiger partial charge in [0.2, 0.25) is 7.37 Å². The highest BCUT2D eigenvalue weighted by Crippen LogP contribution is 2.41. The van der Waals surface area contributed by atoms with E-state index in [0.29, 0.717) is 11.9 Å². The number of ether oxygens (including phenoxy) is 1. The summed E-state index contributed by atoms with van der Waals surface area (Å²) < 4.78 is 16.1. The van der Waals surface area contributed by atoms with Crippen LogP contribution in [0.1, 0.15) is 13.3 Å². The lowest BCUT2D eigenvalue weighted by atomic mass is 10.5. The first-order valence-electron chi connectivity index (χ1n) is 4.18. The molecule has 2 atom stereocenters. The zero-order valence-electron chi connectivity index (χ0n) is 7.65. The number of alkyl halides is 1. The molecule has 0 aliphatic carbocycles. The van der Waals surface area contributed by atoms with Crippen LogP contribution in [0.15, 0.2) is 0 Å². The smallest absolute Gasteiger partial charge is 0.201 e. The van der Waals surface area contributed by atoms with Gasteiger partial charge in [-0.15, -0.1) is 0 Å². The minimum absolute atomic E-state index is 0.111. The van der Waals surface area contributed by atoms with E-state index in [2.05, 4.69) is 15.9 Å². The lowest BCUT2D eigenvalue weighted by molar-refractivity contribution is -0.0950. The minimum atomic E-state index is -3.06. The minimum Gasteiger partial charge on any atom is -0.368 e. The van der Waals surface area contributed by atoms with E-state index in [-0.39, 0.29) is 18.7 Å². The van der Waals surface area contributed by atoms with Crippen molar-refractivity contribution >= 4 is 23.3 Å². The number of hydrogen-bond acceptors (Lipinski definition) is 3. The van der Waals surface area contributed by atoms with Gasteiger partial charge in [0.25, 0.3) is 0 Å². The summed E-state index contributed by atoms with van der Waals surface area (Å²) in [4.78, 5) is 9.29. The normalized spacial score (nSPS) is 18.2. The van der Waals surface area contributed by atoms with Crippen LogP contribution in [-0.2, 0) is 9.30 Å². The second-order valence-corrected chi connectivity index (χ2v) is 6.06. The summed E-state index contributed by atoms with van der Waals surface area (Å²) in [5, 5.41) is 9.62. The molecular formula is C7H16BrO4P. The Labute approximate surface area is 86.9 Å². The van der Waals surface area contributed by atoms with E-state index < -0.39 is 13.7 Å². The van der Waals surface area contributed by atoms with Crippen LogP contribution in [0, 0.1) is 0 Å². The summed E-state index contributed by atoms with van der Waals surface area (Å²) >= 11 is 3.10. The molecule has 0 radical (unpaired) electrons. The molecule has 0 fully saturated rings. The first-order chi connectivity index (χ1) is 6.02. The van der Waals surface area contributed by atoms with Crippen molar-refractivity contribution in [3.05, 3.63) is 0 Å². The van der Waals surface area contributed by atoms with Gasteiger partial charge in [0.1, 0.15) is 0 Å². The van der Waals surface area contributed by atoms with Gasteiger partial charge in [0.15, 0.2) is 6.29 Å². The summed E-state index contributed by atoms with van der Waals surface area (Å²) in [6.45, 7) is 2.18. The third kappa shape index (κ3) is 7.65. The maximum Gasteiger partial charge on any atom is 0.201 e.